The summed E-state index contributed by atoms with van der Waals surface area (Å²) < 4.78 is 4.87. The van der Waals surface area contributed by atoms with Crippen LogP contribution in [-0.4, -0.2) is 11.8 Å². The molecule has 2 rings (SSSR count). The van der Waals surface area contributed by atoms with Gasteiger partial charge in [0.2, 0.25) is 0 Å². The van der Waals surface area contributed by atoms with Gasteiger partial charge in [0, 0.05) is 17.2 Å². The highest BCUT2D eigenvalue weighted by molar-refractivity contribution is 6.06. The maximum absolute atomic E-state index is 11.7. The van der Waals surface area contributed by atoms with Crippen molar-refractivity contribution in [2.75, 3.05) is 0 Å². The van der Waals surface area contributed by atoms with E-state index in [1.165, 1.54) is 6.08 Å². The Balaban J connectivity index is 2.21. The first kappa shape index (κ1) is 10.4. The largest absolute Gasteiger partial charge is 0.423 e. The Labute approximate surface area is 93.0 Å². The Morgan fingerprint density at radius 3 is 2.50 bits per heavy atom. The Morgan fingerprint density at radius 2 is 1.94 bits per heavy atom. The lowest BCUT2D eigenvalue weighted by molar-refractivity contribution is -0.133. The topological polar surface area (TPSA) is 43.4 Å². The molecule has 0 saturated heterocycles. The molecule has 0 aromatic heterocycles. The van der Waals surface area contributed by atoms with Gasteiger partial charge in [0.15, 0.2) is 5.78 Å². The molecule has 0 unspecified atom stereocenters. The molecule has 0 radical (unpaired) electrons. The normalized spacial score (nSPS) is 17.2. The molecule has 3 heteroatoms. The van der Waals surface area contributed by atoms with Gasteiger partial charge in [-0.1, -0.05) is 30.3 Å². The number of ether oxygens (including phenoxy) is 1. The van der Waals surface area contributed by atoms with Crippen LogP contribution in [0.1, 0.15) is 17.3 Å². The molecular weight excluding hydrogens is 204 g/mol. The standard InChI is InChI=1S/C13H10O3/c1-9-7-11(16-13(9)15)8-12(14)10-5-3-2-4-6-10/h2-8H,1H3/b11-8+. The van der Waals surface area contributed by atoms with Crippen molar-refractivity contribution in [3.05, 3.63) is 59.4 Å². The molecule has 0 amide bonds. The Kier molecular flexibility index (Phi) is 2.68. The molecule has 0 fully saturated rings. The van der Waals surface area contributed by atoms with E-state index < -0.39 is 5.97 Å². The number of benzene rings is 1. The van der Waals surface area contributed by atoms with Crippen molar-refractivity contribution in [1.82, 2.24) is 0 Å². The number of ketones is 1. The maximum atomic E-state index is 11.7. The van der Waals surface area contributed by atoms with Gasteiger partial charge >= 0.3 is 5.97 Å². The summed E-state index contributed by atoms with van der Waals surface area (Å²) in [5.74, 6) is -0.266. The van der Waals surface area contributed by atoms with E-state index in [-0.39, 0.29) is 5.78 Å². The molecule has 1 aliphatic heterocycles. The van der Waals surface area contributed by atoms with Gasteiger partial charge < -0.3 is 4.74 Å². The molecule has 0 bridgehead atoms. The first-order valence-electron chi connectivity index (χ1n) is 4.88. The molecule has 3 nitrogen and oxygen atoms in total. The smallest absolute Gasteiger partial charge is 0.339 e. The third kappa shape index (κ3) is 2.08. The summed E-state index contributed by atoms with van der Waals surface area (Å²) in [5.41, 5.74) is 1.08. The van der Waals surface area contributed by atoms with E-state index in [0.717, 1.165) is 0 Å². The zero-order valence-electron chi connectivity index (χ0n) is 8.77. The summed E-state index contributed by atoms with van der Waals surface area (Å²) in [4.78, 5) is 22.8. The second-order valence-corrected chi connectivity index (χ2v) is 3.49. The number of hydrogen-bond donors (Lipinski definition) is 0. The number of carbonyl (C=O) groups excluding carboxylic acids is 2. The second kappa shape index (κ2) is 4.14. The van der Waals surface area contributed by atoms with Gasteiger partial charge in [-0.2, -0.15) is 0 Å². The van der Waals surface area contributed by atoms with Crippen LogP contribution in [0.5, 0.6) is 0 Å². The number of cyclic esters (lactones) is 1. The van der Waals surface area contributed by atoms with Gasteiger partial charge in [-0.25, -0.2) is 4.79 Å². The van der Waals surface area contributed by atoms with Crippen LogP contribution >= 0.6 is 0 Å². The highest BCUT2D eigenvalue weighted by Crippen LogP contribution is 2.16. The number of hydrogen-bond acceptors (Lipinski definition) is 3. The number of esters is 1. The van der Waals surface area contributed by atoms with Crippen LogP contribution in [0, 0.1) is 0 Å². The molecule has 16 heavy (non-hydrogen) atoms. The maximum Gasteiger partial charge on any atom is 0.339 e. The Hall–Kier alpha value is -2.16. The lowest BCUT2D eigenvalue weighted by atomic mass is 10.1. The molecular formula is C13H10O3. The van der Waals surface area contributed by atoms with Crippen LogP contribution in [0.4, 0.5) is 0 Å². The summed E-state index contributed by atoms with van der Waals surface area (Å²) in [6.07, 6.45) is 2.88. The third-order valence-corrected chi connectivity index (χ3v) is 2.22. The van der Waals surface area contributed by atoms with Gasteiger partial charge in [0.1, 0.15) is 5.76 Å². The van der Waals surface area contributed by atoms with E-state index in [2.05, 4.69) is 0 Å². The van der Waals surface area contributed by atoms with E-state index in [1.54, 1.807) is 37.3 Å². The van der Waals surface area contributed by atoms with E-state index in [4.69, 9.17) is 4.74 Å². The average molecular weight is 214 g/mol. The zero-order valence-corrected chi connectivity index (χ0v) is 8.77. The predicted molar refractivity (Wildman–Crippen MR) is 58.7 cm³/mol. The molecule has 1 aromatic rings. The molecule has 0 spiro atoms. The van der Waals surface area contributed by atoms with E-state index in [9.17, 15) is 9.59 Å². The van der Waals surface area contributed by atoms with E-state index in [1.807, 2.05) is 6.07 Å². The molecule has 0 saturated carbocycles. The first-order chi connectivity index (χ1) is 7.66. The van der Waals surface area contributed by atoms with Crippen molar-refractivity contribution in [3.63, 3.8) is 0 Å². The van der Waals surface area contributed by atoms with Crippen LogP contribution in [0.2, 0.25) is 0 Å². The fourth-order valence-electron chi connectivity index (χ4n) is 1.38. The van der Waals surface area contributed by atoms with E-state index in [0.29, 0.717) is 16.9 Å². The SMILES string of the molecule is CC1=C/C(=C\C(=O)c2ccccc2)OC1=O. The summed E-state index contributed by atoms with van der Waals surface area (Å²) >= 11 is 0. The minimum Gasteiger partial charge on any atom is -0.423 e. The van der Waals surface area contributed by atoms with Crippen molar-refractivity contribution >= 4 is 11.8 Å². The quantitative estimate of drug-likeness (QED) is 0.431. The lowest BCUT2D eigenvalue weighted by Crippen LogP contribution is -1.98. The molecule has 1 aliphatic rings. The minimum absolute atomic E-state index is 0.172. The highest BCUT2D eigenvalue weighted by atomic mass is 16.5. The zero-order chi connectivity index (χ0) is 11.5. The van der Waals surface area contributed by atoms with Gasteiger partial charge in [0.25, 0.3) is 0 Å². The molecule has 80 valence electrons. The molecule has 0 atom stereocenters. The summed E-state index contributed by atoms with van der Waals surface area (Å²) in [5, 5.41) is 0. The molecule has 1 aromatic carbocycles. The van der Waals surface area contributed by atoms with Gasteiger partial charge in [0.05, 0.1) is 0 Å². The lowest BCUT2D eigenvalue weighted by Gasteiger charge is -1.96. The van der Waals surface area contributed by atoms with Gasteiger partial charge in [-0.3, -0.25) is 4.79 Å². The number of allylic oxidation sites excluding steroid dienone is 2. The van der Waals surface area contributed by atoms with Crippen molar-refractivity contribution < 1.29 is 14.3 Å². The second-order valence-electron chi connectivity index (χ2n) is 3.49. The number of rotatable bonds is 2. The van der Waals surface area contributed by atoms with Crippen molar-refractivity contribution in [2.24, 2.45) is 0 Å². The van der Waals surface area contributed by atoms with Crippen LogP contribution in [-0.2, 0) is 9.53 Å². The fourth-order valence-corrected chi connectivity index (χ4v) is 1.38. The van der Waals surface area contributed by atoms with Gasteiger partial charge in [-0.15, -0.1) is 0 Å². The van der Waals surface area contributed by atoms with E-state index >= 15 is 0 Å². The molecule has 0 N–H and O–H groups in total. The number of carbonyl (C=O) groups is 2. The minimum atomic E-state index is -0.396. The highest BCUT2D eigenvalue weighted by Gasteiger charge is 2.17. The third-order valence-electron chi connectivity index (χ3n) is 2.22. The summed E-state index contributed by atoms with van der Waals surface area (Å²) in [6.45, 7) is 1.65. The molecule has 0 aliphatic carbocycles. The monoisotopic (exact) mass is 214 g/mol. The van der Waals surface area contributed by atoms with Crippen LogP contribution in [0.25, 0.3) is 0 Å². The van der Waals surface area contributed by atoms with Crippen LogP contribution in [0.15, 0.2) is 53.8 Å². The van der Waals surface area contributed by atoms with Crippen molar-refractivity contribution in [3.8, 4) is 0 Å². The van der Waals surface area contributed by atoms with Gasteiger partial charge in [-0.05, 0) is 13.0 Å². The van der Waals surface area contributed by atoms with Crippen LogP contribution in [0.3, 0.4) is 0 Å². The van der Waals surface area contributed by atoms with Crippen LogP contribution < -0.4 is 0 Å². The summed E-state index contributed by atoms with van der Waals surface area (Å²) in [6, 6.07) is 8.84. The average Bonchev–Trinajstić information content (AvgIpc) is 2.59. The van der Waals surface area contributed by atoms with Crippen molar-refractivity contribution in [1.29, 1.82) is 0 Å². The predicted octanol–water partition coefficient (Wildman–Crippen LogP) is 2.26. The summed E-state index contributed by atoms with van der Waals surface area (Å²) in [7, 11) is 0. The Bertz CT molecular complexity index is 495. The molecule has 1 heterocycles. The van der Waals surface area contributed by atoms with Crippen molar-refractivity contribution in [2.45, 2.75) is 6.92 Å². The Morgan fingerprint density at radius 1 is 1.25 bits per heavy atom. The fraction of sp³-hybridized carbons (Fsp3) is 0.0769. The first-order valence-corrected chi connectivity index (χ1v) is 4.88.